The average Bonchev–Trinajstić information content (AvgIpc) is 2.93. The molecule has 4 rings (SSSR count). The van der Waals surface area contributed by atoms with Crippen LogP contribution in [0, 0.1) is 0 Å². The Morgan fingerprint density at radius 3 is 1.65 bits per heavy atom. The van der Waals surface area contributed by atoms with Crippen molar-refractivity contribution in [1.29, 1.82) is 0 Å². The monoisotopic (exact) mass is 531 g/mol. The summed E-state index contributed by atoms with van der Waals surface area (Å²) in [4.78, 5) is 17.4. The van der Waals surface area contributed by atoms with Crippen LogP contribution in [0.1, 0.15) is 22.5 Å². The van der Waals surface area contributed by atoms with E-state index in [0.717, 1.165) is 11.1 Å². The van der Waals surface area contributed by atoms with Gasteiger partial charge in [0, 0.05) is 10.0 Å². The Balaban J connectivity index is 1.29. The van der Waals surface area contributed by atoms with E-state index >= 15 is 0 Å². The van der Waals surface area contributed by atoms with Crippen molar-refractivity contribution in [3.63, 3.8) is 0 Å². The molecule has 11 heteroatoms. The zero-order valence-electron chi connectivity index (χ0n) is 19.6. The van der Waals surface area contributed by atoms with Crippen LogP contribution in [-0.4, -0.2) is 21.6 Å². The first-order valence-electron chi connectivity index (χ1n) is 11.1. The van der Waals surface area contributed by atoms with E-state index in [4.69, 9.17) is 34.7 Å². The molecule has 2 aromatic heterocycles. The smallest absolute Gasteiger partial charge is 0.144 e. The number of halogens is 2. The number of nitrogens with one attached hydrogen (secondary N) is 1. The van der Waals surface area contributed by atoms with Gasteiger partial charge in [-0.2, -0.15) is 0 Å². The molecule has 0 bridgehead atoms. The molecule has 0 aliphatic carbocycles. The fourth-order valence-electron chi connectivity index (χ4n) is 3.04. The number of aliphatic imine (C=N–C) groups is 2. The summed E-state index contributed by atoms with van der Waals surface area (Å²) in [6, 6.07) is 21.9. The van der Waals surface area contributed by atoms with Gasteiger partial charge in [0.1, 0.15) is 28.7 Å². The van der Waals surface area contributed by atoms with Crippen molar-refractivity contribution < 1.29 is 0 Å². The van der Waals surface area contributed by atoms with Gasteiger partial charge in [-0.05, 0) is 59.7 Å². The predicted molar refractivity (Wildman–Crippen MR) is 148 cm³/mol. The number of aromatic nitrogens is 2. The minimum atomic E-state index is 0.332. The molecule has 0 aliphatic rings. The zero-order chi connectivity index (χ0) is 26.0. The van der Waals surface area contributed by atoms with Crippen molar-refractivity contribution in [1.82, 2.24) is 9.97 Å². The van der Waals surface area contributed by atoms with Gasteiger partial charge in [-0.1, -0.05) is 52.7 Å². The Morgan fingerprint density at radius 2 is 1.19 bits per heavy atom. The molecule has 0 radical (unpaired) electrons. The maximum absolute atomic E-state index is 6.06. The van der Waals surface area contributed by atoms with Crippen molar-refractivity contribution in [3.8, 4) is 0 Å². The number of hydrogen-bond acceptors (Lipinski definition) is 6. The maximum Gasteiger partial charge on any atom is 0.144 e. The number of anilines is 1. The van der Waals surface area contributed by atoms with Crippen molar-refractivity contribution in [2.75, 3.05) is 5.43 Å². The summed E-state index contributed by atoms with van der Waals surface area (Å²) in [6.45, 7) is 0.869. The zero-order valence-corrected chi connectivity index (χ0v) is 21.1. The molecule has 0 fully saturated rings. The number of amidine groups is 2. The van der Waals surface area contributed by atoms with E-state index < -0.39 is 0 Å². The molecule has 0 spiro atoms. The summed E-state index contributed by atoms with van der Waals surface area (Å²) < 4.78 is 0. The molecule has 0 unspecified atom stereocenters. The third-order valence-electron chi connectivity index (χ3n) is 5.07. The SMILES string of the molecule is NC(=NCc1ccc(Cl)cc1)c1ccc(N=NNc2ccc(C(N)=NCc3ccc(Cl)cc3)nc2)cn1. The molecule has 2 heterocycles. The van der Waals surface area contributed by atoms with Gasteiger partial charge in [0.05, 0.1) is 31.2 Å². The summed E-state index contributed by atoms with van der Waals surface area (Å²) >= 11 is 11.8. The highest BCUT2D eigenvalue weighted by atomic mass is 35.5. The fraction of sp³-hybridized carbons (Fsp3) is 0.0769. The van der Waals surface area contributed by atoms with Gasteiger partial charge >= 0.3 is 0 Å². The molecule has 37 heavy (non-hydrogen) atoms. The van der Waals surface area contributed by atoms with Gasteiger partial charge in [-0.3, -0.25) is 25.4 Å². The third-order valence-corrected chi connectivity index (χ3v) is 5.58. The molecule has 0 aliphatic heterocycles. The highest BCUT2D eigenvalue weighted by Crippen LogP contribution is 2.14. The first-order chi connectivity index (χ1) is 18.0. The minimum absolute atomic E-state index is 0.332. The van der Waals surface area contributed by atoms with Crippen LogP contribution >= 0.6 is 23.2 Å². The van der Waals surface area contributed by atoms with Gasteiger partial charge in [-0.25, -0.2) is 0 Å². The number of benzene rings is 2. The van der Waals surface area contributed by atoms with E-state index in [0.29, 0.717) is 57.6 Å². The lowest BCUT2D eigenvalue weighted by molar-refractivity contribution is 1.05. The van der Waals surface area contributed by atoms with Crippen molar-refractivity contribution in [2.24, 2.45) is 31.8 Å². The first-order valence-corrected chi connectivity index (χ1v) is 11.9. The predicted octanol–water partition coefficient (Wildman–Crippen LogP) is 5.71. The summed E-state index contributed by atoms with van der Waals surface area (Å²) in [6.07, 6.45) is 3.16. The number of rotatable bonds is 9. The molecule has 5 N–H and O–H groups in total. The summed E-state index contributed by atoms with van der Waals surface area (Å²) in [5, 5.41) is 9.43. The number of nitrogens with zero attached hydrogens (tertiary/aromatic N) is 6. The number of nitrogens with two attached hydrogens (primary N) is 2. The van der Waals surface area contributed by atoms with Crippen LogP contribution in [-0.2, 0) is 13.1 Å². The summed E-state index contributed by atoms with van der Waals surface area (Å²) in [5.41, 5.74) is 19.2. The van der Waals surface area contributed by atoms with Crippen LogP contribution in [0.15, 0.2) is 106 Å². The average molecular weight is 532 g/mol. The standard InChI is InChI=1S/C26H23Cl2N9/c27-19-5-1-17(2-6-19)13-33-25(29)23-11-9-21(15-31-23)35-37-36-22-10-12-24(32-16-22)26(30)34-14-18-3-7-20(28)8-4-18/h1-12,15-16H,13-14H2,(H2,29,33)(H2,30,34)(H,35,36). The molecule has 9 nitrogen and oxygen atoms in total. The lowest BCUT2D eigenvalue weighted by atomic mass is 10.2. The molecule has 4 aromatic rings. The highest BCUT2D eigenvalue weighted by Gasteiger charge is 2.03. The van der Waals surface area contributed by atoms with Gasteiger partial charge in [0.15, 0.2) is 0 Å². The van der Waals surface area contributed by atoms with E-state index in [2.05, 4.69) is 35.7 Å². The van der Waals surface area contributed by atoms with Crippen LogP contribution in [0.25, 0.3) is 0 Å². The third kappa shape index (κ3) is 7.83. The Bertz CT molecular complexity index is 1400. The summed E-state index contributed by atoms with van der Waals surface area (Å²) in [7, 11) is 0. The van der Waals surface area contributed by atoms with Crippen LogP contribution in [0.4, 0.5) is 11.4 Å². The topological polar surface area (TPSA) is 139 Å². The van der Waals surface area contributed by atoms with Crippen molar-refractivity contribution in [2.45, 2.75) is 13.1 Å². The van der Waals surface area contributed by atoms with Gasteiger partial charge < -0.3 is 11.5 Å². The molecule has 186 valence electrons. The maximum atomic E-state index is 6.06. The van der Waals surface area contributed by atoms with E-state index in [9.17, 15) is 0 Å². The van der Waals surface area contributed by atoms with E-state index in [1.165, 1.54) is 0 Å². The minimum Gasteiger partial charge on any atom is -0.382 e. The Hall–Kier alpha value is -4.34. The molecular weight excluding hydrogens is 509 g/mol. The van der Waals surface area contributed by atoms with Gasteiger partial charge in [-0.15, -0.1) is 5.11 Å². The molecule has 0 atom stereocenters. The van der Waals surface area contributed by atoms with Crippen LogP contribution in [0.2, 0.25) is 10.0 Å². The van der Waals surface area contributed by atoms with E-state index in [1.54, 1.807) is 36.7 Å². The lowest BCUT2D eigenvalue weighted by Gasteiger charge is -2.03. The van der Waals surface area contributed by atoms with Crippen LogP contribution in [0.5, 0.6) is 0 Å². The lowest BCUT2D eigenvalue weighted by Crippen LogP contribution is -2.15. The Morgan fingerprint density at radius 1 is 0.676 bits per heavy atom. The second kappa shape index (κ2) is 12.6. The van der Waals surface area contributed by atoms with Crippen LogP contribution in [0.3, 0.4) is 0 Å². The fourth-order valence-corrected chi connectivity index (χ4v) is 3.30. The number of pyridine rings is 2. The molecular formula is C26H23Cl2N9. The quantitative estimate of drug-likeness (QED) is 0.110. The summed E-state index contributed by atoms with van der Waals surface area (Å²) in [5.74, 6) is 0.670. The highest BCUT2D eigenvalue weighted by molar-refractivity contribution is 6.30. The van der Waals surface area contributed by atoms with Gasteiger partial charge in [0.2, 0.25) is 0 Å². The second-order valence-corrected chi connectivity index (χ2v) is 8.67. The van der Waals surface area contributed by atoms with E-state index in [1.807, 2.05) is 48.5 Å². The first kappa shape index (κ1) is 25.7. The van der Waals surface area contributed by atoms with Crippen LogP contribution < -0.4 is 16.9 Å². The molecule has 0 amide bonds. The molecule has 0 saturated heterocycles. The van der Waals surface area contributed by atoms with Crippen molar-refractivity contribution >= 4 is 46.2 Å². The molecule has 0 saturated carbocycles. The Labute approximate surface area is 224 Å². The largest absolute Gasteiger partial charge is 0.382 e. The molecule has 2 aromatic carbocycles. The number of hydrogen-bond donors (Lipinski definition) is 3. The normalized spacial score (nSPS) is 12.2. The van der Waals surface area contributed by atoms with Gasteiger partial charge in [0.25, 0.3) is 0 Å². The van der Waals surface area contributed by atoms with Crippen molar-refractivity contribution in [3.05, 3.63) is 118 Å². The Kier molecular flexibility index (Phi) is 8.75. The van der Waals surface area contributed by atoms with E-state index in [-0.39, 0.29) is 0 Å². The second-order valence-electron chi connectivity index (χ2n) is 7.80.